The van der Waals surface area contributed by atoms with Gasteiger partial charge in [0.1, 0.15) is 0 Å². The molecule has 250 valence electrons. The van der Waals surface area contributed by atoms with Gasteiger partial charge in [0.25, 0.3) is 0 Å². The van der Waals surface area contributed by atoms with Gasteiger partial charge in [0, 0.05) is 61.0 Å². The highest BCUT2D eigenvalue weighted by atomic mass is 15.0. The summed E-state index contributed by atoms with van der Waals surface area (Å²) >= 11 is 0. The standard InChI is InChI=1S/C51H31N3/c1-2-14-36(15-3-1)53-45-22-8-6-18-39(45)43-29-32(24-26-47(43)53)33-25-27-48-44(30-33)40-19-7-9-23-46(40)54(48)37-16-10-12-34(28-37)51-50-42-20-5-4-17-38(42)41-21-11-13-35(31-52-51)49(41)50/h1-31H. The van der Waals surface area contributed by atoms with Gasteiger partial charge in [-0.05, 0) is 88.5 Å². The minimum atomic E-state index is 1.02. The lowest BCUT2D eigenvalue weighted by Crippen LogP contribution is -1.95. The summed E-state index contributed by atoms with van der Waals surface area (Å²) in [5.41, 5.74) is 16.7. The van der Waals surface area contributed by atoms with Crippen LogP contribution in [-0.4, -0.2) is 14.1 Å². The first-order valence-corrected chi connectivity index (χ1v) is 18.5. The number of benzene rings is 8. The molecule has 3 nitrogen and oxygen atoms in total. The third kappa shape index (κ3) is 4.09. The molecule has 0 N–H and O–H groups in total. The van der Waals surface area contributed by atoms with Gasteiger partial charge in [-0.3, -0.25) is 4.98 Å². The van der Waals surface area contributed by atoms with E-state index < -0.39 is 0 Å². The van der Waals surface area contributed by atoms with E-state index in [0.29, 0.717) is 0 Å². The predicted octanol–water partition coefficient (Wildman–Crippen LogP) is 13.4. The Kier molecular flexibility index (Phi) is 6.05. The van der Waals surface area contributed by atoms with E-state index in [2.05, 4.69) is 191 Å². The average Bonchev–Trinajstić information content (AvgIpc) is 3.88. The van der Waals surface area contributed by atoms with Crippen LogP contribution >= 0.6 is 0 Å². The van der Waals surface area contributed by atoms with Crippen LogP contribution in [0.1, 0.15) is 0 Å². The fourth-order valence-corrected chi connectivity index (χ4v) is 9.15. The quantitative estimate of drug-likeness (QED) is 0.181. The maximum Gasteiger partial charge on any atom is 0.0787 e. The van der Waals surface area contributed by atoms with Gasteiger partial charge < -0.3 is 9.13 Å². The molecular weight excluding hydrogens is 655 g/mol. The summed E-state index contributed by atoms with van der Waals surface area (Å²) in [5.74, 6) is 0. The van der Waals surface area contributed by atoms with Gasteiger partial charge in [0.15, 0.2) is 0 Å². The smallest absolute Gasteiger partial charge is 0.0787 e. The minimum absolute atomic E-state index is 1.02. The van der Waals surface area contributed by atoms with Crippen LogP contribution in [0.2, 0.25) is 0 Å². The lowest BCUT2D eigenvalue weighted by atomic mass is 9.98. The number of hydrogen-bond acceptors (Lipinski definition) is 1. The molecule has 0 unspecified atom stereocenters. The second-order valence-corrected chi connectivity index (χ2v) is 14.4. The Balaban J connectivity index is 1.02. The Morgan fingerprint density at radius 3 is 1.63 bits per heavy atom. The normalized spacial score (nSPS) is 12.1. The molecule has 8 aromatic carbocycles. The summed E-state index contributed by atoms with van der Waals surface area (Å²) in [4.78, 5) is 5.12. The molecule has 1 aliphatic carbocycles. The van der Waals surface area contributed by atoms with E-state index in [4.69, 9.17) is 4.98 Å². The summed E-state index contributed by atoms with van der Waals surface area (Å²) in [6.07, 6.45) is 2.04. The van der Waals surface area contributed by atoms with Crippen molar-refractivity contribution in [1.29, 1.82) is 0 Å². The first-order valence-electron chi connectivity index (χ1n) is 18.5. The van der Waals surface area contributed by atoms with E-state index in [-0.39, 0.29) is 0 Å². The number of nitrogens with zero attached hydrogens (tertiary/aromatic N) is 3. The first kappa shape index (κ1) is 29.4. The Hall–Kier alpha value is -7.23. The Morgan fingerprint density at radius 1 is 0.352 bits per heavy atom. The first-order chi connectivity index (χ1) is 26.8. The number of para-hydroxylation sites is 3. The van der Waals surface area contributed by atoms with Crippen LogP contribution in [0.15, 0.2) is 188 Å². The maximum atomic E-state index is 5.12. The minimum Gasteiger partial charge on any atom is -0.309 e. The van der Waals surface area contributed by atoms with Crippen molar-refractivity contribution in [2.75, 3.05) is 0 Å². The van der Waals surface area contributed by atoms with Crippen molar-refractivity contribution in [3.05, 3.63) is 188 Å². The van der Waals surface area contributed by atoms with Crippen molar-refractivity contribution in [2.45, 2.75) is 0 Å². The Bertz CT molecular complexity index is 3330. The van der Waals surface area contributed by atoms with Crippen molar-refractivity contribution in [3.8, 4) is 56.0 Å². The zero-order chi connectivity index (χ0) is 35.3. The number of fused-ring (bicyclic) bond motifs is 9. The van der Waals surface area contributed by atoms with Crippen molar-refractivity contribution in [3.63, 3.8) is 0 Å². The Morgan fingerprint density at radius 2 is 0.907 bits per heavy atom. The Labute approximate surface area is 311 Å². The van der Waals surface area contributed by atoms with Crippen LogP contribution in [0.4, 0.5) is 0 Å². The third-order valence-corrected chi connectivity index (χ3v) is 11.5. The maximum absolute atomic E-state index is 5.12. The van der Waals surface area contributed by atoms with Crippen LogP contribution in [0, 0.1) is 0 Å². The summed E-state index contributed by atoms with van der Waals surface area (Å²) < 4.78 is 4.78. The molecule has 3 heterocycles. The van der Waals surface area contributed by atoms with E-state index in [1.807, 2.05) is 6.20 Å². The van der Waals surface area contributed by atoms with Crippen molar-refractivity contribution >= 4 is 54.4 Å². The molecule has 0 bridgehead atoms. The third-order valence-electron chi connectivity index (χ3n) is 11.5. The number of pyridine rings is 1. The van der Waals surface area contributed by atoms with Gasteiger partial charge >= 0.3 is 0 Å². The molecule has 0 amide bonds. The molecule has 3 heteroatoms. The van der Waals surface area contributed by atoms with Gasteiger partial charge in [-0.15, -0.1) is 0 Å². The van der Waals surface area contributed by atoms with Crippen LogP contribution in [0.5, 0.6) is 0 Å². The van der Waals surface area contributed by atoms with E-state index in [0.717, 1.165) is 16.9 Å². The lowest BCUT2D eigenvalue weighted by Gasteiger charge is -2.13. The van der Waals surface area contributed by atoms with Gasteiger partial charge in [0.2, 0.25) is 0 Å². The summed E-state index contributed by atoms with van der Waals surface area (Å²) in [5, 5.41) is 7.46. The van der Waals surface area contributed by atoms with Crippen LogP contribution in [0.25, 0.3) is 110 Å². The monoisotopic (exact) mass is 685 g/mol. The van der Waals surface area contributed by atoms with E-state index in [1.165, 1.54) is 93.5 Å². The molecule has 0 radical (unpaired) electrons. The molecule has 54 heavy (non-hydrogen) atoms. The fourth-order valence-electron chi connectivity index (χ4n) is 9.15. The molecule has 0 aliphatic heterocycles. The molecule has 0 spiro atoms. The highest BCUT2D eigenvalue weighted by Gasteiger charge is 2.25. The van der Waals surface area contributed by atoms with Gasteiger partial charge in [-0.1, -0.05) is 121 Å². The molecule has 3 aromatic heterocycles. The van der Waals surface area contributed by atoms with E-state index in [9.17, 15) is 0 Å². The molecule has 0 saturated carbocycles. The predicted molar refractivity (Wildman–Crippen MR) is 226 cm³/mol. The van der Waals surface area contributed by atoms with Crippen LogP contribution in [0.3, 0.4) is 0 Å². The van der Waals surface area contributed by atoms with E-state index >= 15 is 0 Å². The zero-order valence-electron chi connectivity index (χ0n) is 29.2. The molecule has 11 aromatic rings. The SMILES string of the molecule is c1ccc(-n2c3ccccc3c3cc(-c4ccc5c(c4)c4ccccc4n5-c4cccc(-c5ncc6cccc7c6c5-c5ccccc5-7)c4)ccc32)cc1. The second-order valence-electron chi connectivity index (χ2n) is 14.4. The lowest BCUT2D eigenvalue weighted by molar-refractivity contribution is 1.18. The molecule has 0 atom stereocenters. The van der Waals surface area contributed by atoms with Crippen molar-refractivity contribution < 1.29 is 0 Å². The molecule has 12 rings (SSSR count). The van der Waals surface area contributed by atoms with Gasteiger partial charge in [-0.25, -0.2) is 0 Å². The topological polar surface area (TPSA) is 22.8 Å². The molecular formula is C51H31N3. The number of rotatable bonds is 4. The summed E-state index contributed by atoms with van der Waals surface area (Å²) in [6, 6.07) is 66.2. The van der Waals surface area contributed by atoms with Crippen molar-refractivity contribution in [1.82, 2.24) is 14.1 Å². The van der Waals surface area contributed by atoms with Gasteiger partial charge in [-0.2, -0.15) is 0 Å². The molecule has 0 fully saturated rings. The van der Waals surface area contributed by atoms with E-state index in [1.54, 1.807) is 0 Å². The summed E-state index contributed by atoms with van der Waals surface area (Å²) in [7, 11) is 0. The molecule has 0 saturated heterocycles. The second kappa shape index (κ2) is 11.1. The average molecular weight is 686 g/mol. The van der Waals surface area contributed by atoms with Crippen LogP contribution < -0.4 is 0 Å². The number of aromatic nitrogens is 3. The summed E-state index contributed by atoms with van der Waals surface area (Å²) in [6.45, 7) is 0. The molecule has 1 aliphatic rings. The largest absolute Gasteiger partial charge is 0.309 e. The zero-order valence-corrected chi connectivity index (χ0v) is 29.2. The number of hydrogen-bond donors (Lipinski definition) is 0. The highest BCUT2D eigenvalue weighted by Crippen LogP contribution is 2.50. The van der Waals surface area contributed by atoms with Crippen molar-refractivity contribution in [2.24, 2.45) is 0 Å². The van der Waals surface area contributed by atoms with Gasteiger partial charge in [0.05, 0.1) is 27.8 Å². The fraction of sp³-hybridized carbons (Fsp3) is 0. The van der Waals surface area contributed by atoms with Crippen LogP contribution in [-0.2, 0) is 0 Å². The highest BCUT2D eigenvalue weighted by molar-refractivity contribution is 6.18.